The maximum atomic E-state index is 13.4. The molecule has 8 nitrogen and oxygen atoms in total. The number of esters is 1. The highest BCUT2D eigenvalue weighted by Crippen LogP contribution is 2.49. The second-order valence-corrected chi connectivity index (χ2v) is 10.7. The van der Waals surface area contributed by atoms with Gasteiger partial charge in [0.2, 0.25) is 5.91 Å². The van der Waals surface area contributed by atoms with Crippen LogP contribution in [0.25, 0.3) is 5.65 Å². The van der Waals surface area contributed by atoms with Crippen LogP contribution in [0.15, 0.2) is 47.2 Å². The summed E-state index contributed by atoms with van der Waals surface area (Å²) in [4.78, 5) is 33.0. The largest absolute Gasteiger partial charge is 0.456 e. The van der Waals surface area contributed by atoms with Crippen molar-refractivity contribution in [3.63, 3.8) is 0 Å². The second kappa shape index (κ2) is 10.3. The number of pyridine rings is 1. The van der Waals surface area contributed by atoms with Crippen LogP contribution >= 0.6 is 15.9 Å². The number of aromatic nitrogens is 2. The first kappa shape index (κ1) is 26.3. The van der Waals surface area contributed by atoms with Gasteiger partial charge in [-0.1, -0.05) is 30.3 Å². The Kier molecular flexibility index (Phi) is 7.54. The molecule has 4 rings (SSSR count). The summed E-state index contributed by atoms with van der Waals surface area (Å²) in [5, 5.41) is 0. The van der Waals surface area contributed by atoms with E-state index in [2.05, 4.69) is 15.9 Å². The Hall–Kier alpha value is -2.75. The first-order valence-electron chi connectivity index (χ1n) is 11.9. The van der Waals surface area contributed by atoms with E-state index in [0.29, 0.717) is 17.9 Å². The van der Waals surface area contributed by atoms with Gasteiger partial charge in [0.1, 0.15) is 16.7 Å². The number of methoxy groups -OCH3 is 1. The summed E-state index contributed by atoms with van der Waals surface area (Å²) >= 11 is 3.61. The summed E-state index contributed by atoms with van der Waals surface area (Å²) in [5.74, 6) is -0.566. The van der Waals surface area contributed by atoms with Gasteiger partial charge in [-0.15, -0.1) is 0 Å². The number of carbonyl (C=O) groups excluding carboxylic acids is 2. The fourth-order valence-corrected chi connectivity index (χ4v) is 4.88. The van der Waals surface area contributed by atoms with Crippen molar-refractivity contribution in [2.45, 2.75) is 52.9 Å². The number of nitrogens with zero attached hydrogens (tertiary/aromatic N) is 3. The van der Waals surface area contributed by atoms with Gasteiger partial charge in [-0.05, 0) is 55.3 Å². The monoisotopic (exact) mass is 557 g/mol. The van der Waals surface area contributed by atoms with Crippen LogP contribution in [0.4, 0.5) is 5.69 Å². The molecule has 1 aromatic carbocycles. The zero-order chi connectivity index (χ0) is 26.2. The van der Waals surface area contributed by atoms with Crippen LogP contribution in [0.1, 0.15) is 56.7 Å². The molecule has 1 amide bonds. The van der Waals surface area contributed by atoms with Crippen LogP contribution in [-0.4, -0.2) is 47.7 Å². The van der Waals surface area contributed by atoms with E-state index in [9.17, 15) is 9.59 Å². The van der Waals surface area contributed by atoms with Crippen molar-refractivity contribution in [1.82, 2.24) is 9.38 Å². The lowest BCUT2D eigenvalue weighted by molar-refractivity contribution is -0.172. The van der Waals surface area contributed by atoms with Crippen LogP contribution in [0.2, 0.25) is 0 Å². The predicted octanol–water partition coefficient (Wildman–Crippen LogP) is 5.18. The molecule has 1 aliphatic rings. The van der Waals surface area contributed by atoms with Gasteiger partial charge in [0.25, 0.3) is 0 Å². The molecule has 0 radical (unpaired) electrons. The average molecular weight is 558 g/mol. The summed E-state index contributed by atoms with van der Waals surface area (Å²) in [6.07, 6.45) is 0.437. The number of aryl methyl sites for hydroxylation is 1. The maximum absolute atomic E-state index is 13.4. The molecule has 3 atom stereocenters. The van der Waals surface area contributed by atoms with Gasteiger partial charge in [0.15, 0.2) is 11.8 Å². The number of hydrogen-bond acceptors (Lipinski definition) is 6. The van der Waals surface area contributed by atoms with E-state index in [-0.39, 0.29) is 18.5 Å². The average Bonchev–Trinajstić information content (AvgIpc) is 3.12. The highest BCUT2D eigenvalue weighted by Gasteiger charge is 2.48. The number of amides is 1. The van der Waals surface area contributed by atoms with Gasteiger partial charge in [0.05, 0.1) is 30.0 Å². The Bertz CT molecular complexity index is 1270. The number of carbonyl (C=O) groups is 2. The first-order valence-corrected chi connectivity index (χ1v) is 12.7. The summed E-state index contributed by atoms with van der Waals surface area (Å²) in [6, 6.07) is 10.9. The smallest absolute Gasteiger partial charge is 0.311 e. The molecule has 0 unspecified atom stereocenters. The molecule has 0 fully saturated rings. The van der Waals surface area contributed by atoms with Crippen molar-refractivity contribution < 1.29 is 23.8 Å². The van der Waals surface area contributed by atoms with Crippen LogP contribution in [0.5, 0.6) is 0 Å². The second-order valence-electron chi connectivity index (χ2n) is 9.95. The van der Waals surface area contributed by atoms with Crippen molar-refractivity contribution in [3.8, 4) is 0 Å². The van der Waals surface area contributed by atoms with Crippen LogP contribution in [0.3, 0.4) is 0 Å². The number of benzene rings is 1. The third-order valence-corrected chi connectivity index (χ3v) is 7.21. The lowest BCUT2D eigenvalue weighted by atomic mass is 9.86. The number of ether oxygens (including phenoxy) is 3. The Labute approximate surface area is 219 Å². The van der Waals surface area contributed by atoms with E-state index < -0.39 is 23.7 Å². The molecule has 36 heavy (non-hydrogen) atoms. The van der Waals surface area contributed by atoms with Crippen molar-refractivity contribution in [2.24, 2.45) is 5.41 Å². The maximum Gasteiger partial charge on any atom is 0.311 e. The zero-order valence-electron chi connectivity index (χ0n) is 21.4. The lowest BCUT2D eigenvalue weighted by Crippen LogP contribution is -2.50. The quantitative estimate of drug-likeness (QED) is 0.307. The molecule has 192 valence electrons. The van der Waals surface area contributed by atoms with Crippen LogP contribution in [-0.2, 0) is 23.8 Å². The van der Waals surface area contributed by atoms with Gasteiger partial charge >= 0.3 is 5.97 Å². The number of anilines is 1. The molecular formula is C27H32BrN3O5. The molecule has 0 bridgehead atoms. The summed E-state index contributed by atoms with van der Waals surface area (Å²) in [7, 11) is 1.61. The Morgan fingerprint density at radius 1 is 1.11 bits per heavy atom. The highest BCUT2D eigenvalue weighted by atomic mass is 79.9. The molecule has 3 heterocycles. The van der Waals surface area contributed by atoms with Crippen molar-refractivity contribution in [2.75, 3.05) is 25.2 Å². The van der Waals surface area contributed by atoms with E-state index in [0.717, 1.165) is 21.4 Å². The molecule has 1 aliphatic heterocycles. The molecule has 0 N–H and O–H groups in total. The number of hydrogen-bond donors (Lipinski definition) is 0. The fourth-order valence-electron chi connectivity index (χ4n) is 4.51. The lowest BCUT2D eigenvalue weighted by Gasteiger charge is -2.45. The normalized spacial score (nSPS) is 19.9. The van der Waals surface area contributed by atoms with Crippen LogP contribution < -0.4 is 4.90 Å². The van der Waals surface area contributed by atoms with Gasteiger partial charge in [-0.3, -0.25) is 18.9 Å². The minimum absolute atomic E-state index is 0.192. The number of fused-ring (bicyclic) bond motifs is 3. The van der Waals surface area contributed by atoms with Gasteiger partial charge in [-0.25, -0.2) is 4.98 Å². The van der Waals surface area contributed by atoms with E-state index in [4.69, 9.17) is 19.2 Å². The molecule has 3 aromatic rings. The van der Waals surface area contributed by atoms with Gasteiger partial charge in [-0.2, -0.15) is 0 Å². The minimum Gasteiger partial charge on any atom is -0.456 e. The number of imidazole rings is 1. The van der Waals surface area contributed by atoms with E-state index in [1.54, 1.807) is 12.0 Å². The molecule has 0 aliphatic carbocycles. The predicted molar refractivity (Wildman–Crippen MR) is 140 cm³/mol. The molecule has 9 heteroatoms. The van der Waals surface area contributed by atoms with Crippen molar-refractivity contribution in [3.05, 3.63) is 64.0 Å². The number of rotatable bonds is 6. The molecule has 0 saturated heterocycles. The third kappa shape index (κ3) is 4.79. The highest BCUT2D eigenvalue weighted by molar-refractivity contribution is 9.10. The van der Waals surface area contributed by atoms with Gasteiger partial charge in [0, 0.05) is 25.8 Å². The molecule has 2 aromatic heterocycles. The van der Waals surface area contributed by atoms with Gasteiger partial charge < -0.3 is 14.2 Å². The topological polar surface area (TPSA) is 82.4 Å². The fraction of sp³-hybridized carbons (Fsp3) is 0.444. The van der Waals surface area contributed by atoms with Crippen molar-refractivity contribution >= 4 is 39.1 Å². The SMILES string of the molecule is COCCO[C@@H]1c2ccn3c(Br)c(C)nc3c2N(C(C)=O)[C@H](c2ccccc2)[C@H]1OC(=O)C(C)(C)C. The van der Waals surface area contributed by atoms with Crippen LogP contribution in [0, 0.1) is 12.3 Å². The summed E-state index contributed by atoms with van der Waals surface area (Å²) in [5.41, 5.74) is 2.86. The Balaban J connectivity index is 2.01. The van der Waals surface area contributed by atoms with E-state index in [1.165, 1.54) is 6.92 Å². The number of halogens is 1. The Morgan fingerprint density at radius 2 is 1.81 bits per heavy atom. The van der Waals surface area contributed by atoms with E-state index in [1.807, 2.05) is 74.7 Å². The summed E-state index contributed by atoms with van der Waals surface area (Å²) < 4.78 is 20.5. The molecule has 0 spiro atoms. The van der Waals surface area contributed by atoms with Crippen molar-refractivity contribution in [1.29, 1.82) is 0 Å². The Morgan fingerprint density at radius 3 is 2.42 bits per heavy atom. The van der Waals surface area contributed by atoms with E-state index >= 15 is 0 Å². The summed E-state index contributed by atoms with van der Waals surface area (Å²) in [6.45, 7) is 9.50. The molecule has 0 saturated carbocycles. The zero-order valence-corrected chi connectivity index (χ0v) is 23.0. The minimum atomic E-state index is -0.797. The molecular weight excluding hydrogens is 526 g/mol. The standard InChI is InChI=1S/C27H32BrN3O5/c1-16-24(28)30-13-12-19-21(25(30)29-16)31(17(2)32)20(18-10-8-7-9-11-18)23(22(19)35-15-14-34-6)36-26(33)27(3,4)5/h7-13,20,22-23H,14-15H2,1-6H3/t20-,22-,23-/m1/s1. The third-order valence-electron chi connectivity index (χ3n) is 6.26. The first-order chi connectivity index (χ1) is 17.1.